The van der Waals surface area contributed by atoms with Crippen molar-refractivity contribution in [1.82, 2.24) is 0 Å². The zero-order valence-electron chi connectivity index (χ0n) is 19.5. The van der Waals surface area contributed by atoms with Crippen molar-refractivity contribution in [3.8, 4) is 0 Å². The van der Waals surface area contributed by atoms with Crippen LogP contribution >= 0.6 is 0 Å². The first kappa shape index (κ1) is 26.1. The van der Waals surface area contributed by atoms with E-state index in [1.807, 2.05) is 0 Å². The molecular weight excluding hydrogens is 376 g/mol. The molecule has 4 nitrogen and oxygen atoms in total. The van der Waals surface area contributed by atoms with E-state index < -0.39 is 0 Å². The van der Waals surface area contributed by atoms with E-state index in [1.54, 1.807) is 0 Å². The molecule has 4 heteroatoms. The van der Waals surface area contributed by atoms with E-state index in [0.29, 0.717) is 25.2 Å². The van der Waals surface area contributed by atoms with E-state index in [0.717, 1.165) is 25.7 Å². The molecule has 0 saturated carbocycles. The van der Waals surface area contributed by atoms with Gasteiger partial charge in [0.2, 0.25) is 0 Å². The van der Waals surface area contributed by atoms with Gasteiger partial charge in [0.1, 0.15) is 5.78 Å². The maximum atomic E-state index is 11.9. The molecule has 1 aromatic rings. The van der Waals surface area contributed by atoms with Crippen LogP contribution in [0.1, 0.15) is 84.3 Å². The van der Waals surface area contributed by atoms with E-state index in [-0.39, 0.29) is 30.4 Å². The number of aryl methyl sites for hydroxylation is 1. The number of aliphatic hydroxyl groups excluding tert-OH is 1. The Morgan fingerprint density at radius 3 is 2.50 bits per heavy atom. The summed E-state index contributed by atoms with van der Waals surface area (Å²) in [6, 6.07) is 8.51. The van der Waals surface area contributed by atoms with Crippen LogP contribution in [0, 0.1) is 5.92 Å². The van der Waals surface area contributed by atoms with Crippen LogP contribution in [0.15, 0.2) is 35.9 Å². The highest BCUT2D eigenvalue weighted by Crippen LogP contribution is 2.29. The van der Waals surface area contributed by atoms with Gasteiger partial charge in [-0.15, -0.1) is 0 Å². The van der Waals surface area contributed by atoms with E-state index in [1.165, 1.54) is 16.7 Å². The third-order valence-electron chi connectivity index (χ3n) is 5.56. The standard InChI is InChI=1S/C18H24O3.C8H16O/c1-18(2)11-9-16(19)10-12-21-17(20)8-4-6-14-5-3-7-15(18)13-14;1-4-8(6-9)5-7(2)3/h3,5,7,13H,4,6,8-12H2,1-2H3;5,8-9H,4,6H2,1-3H3. The van der Waals surface area contributed by atoms with Gasteiger partial charge in [0.05, 0.1) is 6.61 Å². The molecule has 1 heterocycles. The molecule has 1 aliphatic heterocycles. The fourth-order valence-corrected chi connectivity index (χ4v) is 3.43. The van der Waals surface area contributed by atoms with Crippen molar-refractivity contribution in [2.45, 2.75) is 85.0 Å². The zero-order valence-corrected chi connectivity index (χ0v) is 19.5. The third-order valence-corrected chi connectivity index (χ3v) is 5.56. The number of Topliss-reactive ketones (excluding diaryl/α,β-unsaturated/α-hetero) is 1. The fraction of sp³-hybridized carbons (Fsp3) is 0.615. The molecule has 0 aliphatic carbocycles. The lowest BCUT2D eigenvalue weighted by molar-refractivity contribution is -0.144. The van der Waals surface area contributed by atoms with Crippen molar-refractivity contribution in [2.24, 2.45) is 5.92 Å². The highest BCUT2D eigenvalue weighted by Gasteiger charge is 2.22. The van der Waals surface area contributed by atoms with E-state index in [4.69, 9.17) is 9.84 Å². The summed E-state index contributed by atoms with van der Waals surface area (Å²) in [6.07, 6.45) is 6.93. The molecule has 30 heavy (non-hydrogen) atoms. The molecule has 168 valence electrons. The molecule has 2 rings (SSSR count). The number of ether oxygens (including phenoxy) is 1. The highest BCUT2D eigenvalue weighted by atomic mass is 16.5. The van der Waals surface area contributed by atoms with Crippen molar-refractivity contribution >= 4 is 11.8 Å². The van der Waals surface area contributed by atoms with Gasteiger partial charge in [-0.05, 0) is 62.0 Å². The van der Waals surface area contributed by atoms with Crippen LogP contribution < -0.4 is 0 Å². The number of esters is 1. The van der Waals surface area contributed by atoms with Gasteiger partial charge in [0.25, 0.3) is 0 Å². The van der Waals surface area contributed by atoms with Gasteiger partial charge in [0.15, 0.2) is 0 Å². The fourth-order valence-electron chi connectivity index (χ4n) is 3.43. The predicted octanol–water partition coefficient (Wildman–Crippen LogP) is 5.55. The predicted molar refractivity (Wildman–Crippen MR) is 123 cm³/mol. The van der Waals surface area contributed by atoms with Crippen LogP contribution in [0.25, 0.3) is 0 Å². The average Bonchev–Trinajstić information content (AvgIpc) is 2.70. The van der Waals surface area contributed by atoms with Gasteiger partial charge in [-0.3, -0.25) is 9.59 Å². The first-order valence-corrected chi connectivity index (χ1v) is 11.2. The Bertz CT molecular complexity index is 695. The third kappa shape index (κ3) is 10.2. The second kappa shape index (κ2) is 13.4. The largest absolute Gasteiger partial charge is 0.465 e. The van der Waals surface area contributed by atoms with Crippen LogP contribution in [0.2, 0.25) is 0 Å². The maximum Gasteiger partial charge on any atom is 0.305 e. The van der Waals surface area contributed by atoms with Crippen molar-refractivity contribution in [3.05, 3.63) is 47.0 Å². The number of allylic oxidation sites excluding steroid dienone is 1. The van der Waals surface area contributed by atoms with Crippen LogP contribution in [0.4, 0.5) is 0 Å². The highest BCUT2D eigenvalue weighted by molar-refractivity contribution is 5.79. The lowest BCUT2D eigenvalue weighted by atomic mass is 9.79. The van der Waals surface area contributed by atoms with Gasteiger partial charge in [-0.25, -0.2) is 0 Å². The zero-order chi connectivity index (χ0) is 22.6. The number of cyclic esters (lactones) is 1. The second-order valence-corrected chi connectivity index (χ2v) is 9.04. The molecule has 0 fully saturated rings. The van der Waals surface area contributed by atoms with Crippen molar-refractivity contribution < 1.29 is 19.4 Å². The van der Waals surface area contributed by atoms with E-state index in [9.17, 15) is 9.59 Å². The average molecular weight is 417 g/mol. The number of hydrogen-bond donors (Lipinski definition) is 1. The van der Waals surface area contributed by atoms with Gasteiger partial charge in [-0.2, -0.15) is 0 Å². The molecule has 1 aliphatic rings. The molecule has 1 atom stereocenters. The summed E-state index contributed by atoms with van der Waals surface area (Å²) in [5, 5.41) is 8.73. The van der Waals surface area contributed by atoms with Gasteiger partial charge >= 0.3 is 5.97 Å². The molecule has 1 N–H and O–H groups in total. The summed E-state index contributed by atoms with van der Waals surface area (Å²) in [6.45, 7) is 11.1. The van der Waals surface area contributed by atoms with Crippen LogP contribution in [-0.4, -0.2) is 30.1 Å². The van der Waals surface area contributed by atoms with Crippen LogP contribution in [-0.2, 0) is 26.2 Å². The van der Waals surface area contributed by atoms with E-state index >= 15 is 0 Å². The smallest absolute Gasteiger partial charge is 0.305 e. The summed E-state index contributed by atoms with van der Waals surface area (Å²) >= 11 is 0. The number of aliphatic hydroxyl groups is 1. The SMILES string of the molecule is CC1(C)CCC(=O)CCOC(=O)CCCc2cccc1c2.CCC(C=C(C)C)CO. The normalized spacial score (nSPS) is 18.2. The summed E-state index contributed by atoms with van der Waals surface area (Å²) in [5.74, 6) is 0.343. The Labute approximate surface area is 182 Å². The van der Waals surface area contributed by atoms with Crippen LogP contribution in [0.5, 0.6) is 0 Å². The molecule has 0 spiro atoms. The monoisotopic (exact) mass is 416 g/mol. The number of carbonyl (C=O) groups excluding carboxylic acids is 2. The van der Waals surface area contributed by atoms with Crippen molar-refractivity contribution in [1.29, 1.82) is 0 Å². The Morgan fingerprint density at radius 1 is 1.17 bits per heavy atom. The second-order valence-electron chi connectivity index (χ2n) is 9.04. The molecule has 0 amide bonds. The van der Waals surface area contributed by atoms with E-state index in [2.05, 4.69) is 65.0 Å². The summed E-state index contributed by atoms with van der Waals surface area (Å²) < 4.78 is 5.10. The minimum Gasteiger partial charge on any atom is -0.465 e. The lowest BCUT2D eigenvalue weighted by Crippen LogP contribution is -2.20. The molecule has 1 unspecified atom stereocenters. The number of carbonyl (C=O) groups is 2. The molecule has 0 aromatic heterocycles. The molecule has 0 radical (unpaired) electrons. The first-order valence-electron chi connectivity index (χ1n) is 11.2. The molecule has 2 bridgehead atoms. The van der Waals surface area contributed by atoms with Crippen molar-refractivity contribution in [3.63, 3.8) is 0 Å². The van der Waals surface area contributed by atoms with Crippen molar-refractivity contribution in [2.75, 3.05) is 13.2 Å². The molecular formula is C26H40O4. The Kier molecular flexibility index (Phi) is 11.6. The van der Waals surface area contributed by atoms with Crippen LogP contribution in [0.3, 0.4) is 0 Å². The summed E-state index contributed by atoms with van der Waals surface area (Å²) in [5.41, 5.74) is 3.80. The Balaban J connectivity index is 0.000000424. The maximum absolute atomic E-state index is 11.9. The molecule has 0 saturated heterocycles. The minimum absolute atomic E-state index is 0.00748. The first-order chi connectivity index (χ1) is 14.2. The number of benzene rings is 1. The van der Waals surface area contributed by atoms with Gasteiger partial charge in [0, 0.05) is 25.9 Å². The van der Waals surface area contributed by atoms with Gasteiger partial charge in [-0.1, -0.05) is 56.7 Å². The summed E-state index contributed by atoms with van der Waals surface area (Å²) in [7, 11) is 0. The molecule has 1 aromatic carbocycles. The lowest BCUT2D eigenvalue weighted by Gasteiger charge is -2.26. The van der Waals surface area contributed by atoms with Gasteiger partial charge < -0.3 is 9.84 Å². The topological polar surface area (TPSA) is 63.6 Å². The number of hydrogen-bond acceptors (Lipinski definition) is 4. The number of rotatable bonds is 3. The number of ketones is 1. The Morgan fingerprint density at radius 2 is 1.90 bits per heavy atom. The Hall–Kier alpha value is -1.94. The minimum atomic E-state index is -0.198. The number of fused-ring (bicyclic) bond motifs is 2. The summed E-state index contributed by atoms with van der Waals surface area (Å²) in [4.78, 5) is 23.4. The quantitative estimate of drug-likeness (QED) is 0.518.